The van der Waals surface area contributed by atoms with Gasteiger partial charge in [0.05, 0.1) is 5.75 Å². The second-order valence-electron chi connectivity index (χ2n) is 6.95. The Balaban J connectivity index is 1.60. The summed E-state index contributed by atoms with van der Waals surface area (Å²) in [4.78, 5) is 24.0. The van der Waals surface area contributed by atoms with Crippen LogP contribution in [-0.2, 0) is 0 Å². The molecule has 0 radical (unpaired) electrons. The van der Waals surface area contributed by atoms with Gasteiger partial charge in [-0.2, -0.15) is 0 Å². The van der Waals surface area contributed by atoms with Crippen molar-refractivity contribution < 1.29 is 4.79 Å². The zero-order valence-electron chi connectivity index (χ0n) is 16.6. The molecule has 1 aromatic carbocycles. The molecule has 0 saturated carbocycles. The molecule has 0 N–H and O–H groups in total. The van der Waals surface area contributed by atoms with Crippen LogP contribution in [0.25, 0.3) is 15.9 Å². The Morgan fingerprint density at radius 1 is 1.14 bits per heavy atom. The van der Waals surface area contributed by atoms with Crippen LogP contribution in [0.4, 0.5) is 0 Å². The molecule has 3 aromatic heterocycles. The van der Waals surface area contributed by atoms with E-state index in [2.05, 4.69) is 28.4 Å². The number of ketones is 1. The van der Waals surface area contributed by atoms with Crippen molar-refractivity contribution in [3.05, 3.63) is 69.1 Å². The molecule has 0 amide bonds. The number of rotatable bonds is 5. The van der Waals surface area contributed by atoms with Gasteiger partial charge in [-0.25, -0.2) is 9.97 Å². The number of aryl methyl sites for hydroxylation is 3. The van der Waals surface area contributed by atoms with Gasteiger partial charge in [0.15, 0.2) is 5.78 Å². The first-order valence-electron chi connectivity index (χ1n) is 9.18. The lowest BCUT2D eigenvalue weighted by Crippen LogP contribution is -2.06. The highest BCUT2D eigenvalue weighted by Gasteiger charge is 2.19. The highest BCUT2D eigenvalue weighted by Crippen LogP contribution is 2.35. The van der Waals surface area contributed by atoms with Crippen molar-refractivity contribution in [1.29, 1.82) is 0 Å². The maximum absolute atomic E-state index is 13.0. The Hall–Kier alpha value is -2.15. The minimum Gasteiger partial charge on any atom is -0.318 e. The molecule has 0 fully saturated rings. The van der Waals surface area contributed by atoms with Gasteiger partial charge in [-0.15, -0.1) is 11.3 Å². The summed E-state index contributed by atoms with van der Waals surface area (Å²) in [5.41, 5.74) is 4.89. The number of benzene rings is 1. The molecular formula is C22H20ClN3OS2. The second kappa shape index (κ2) is 7.94. The van der Waals surface area contributed by atoms with E-state index in [0.717, 1.165) is 37.9 Å². The molecule has 29 heavy (non-hydrogen) atoms. The van der Waals surface area contributed by atoms with Crippen molar-refractivity contribution in [2.45, 2.75) is 32.7 Å². The molecule has 4 aromatic rings. The molecule has 0 aliphatic rings. The average Bonchev–Trinajstić information content (AvgIpc) is 3.16. The predicted molar refractivity (Wildman–Crippen MR) is 122 cm³/mol. The van der Waals surface area contributed by atoms with Crippen molar-refractivity contribution in [2.75, 3.05) is 5.75 Å². The summed E-state index contributed by atoms with van der Waals surface area (Å²) in [6.07, 6.45) is 1.58. The number of aromatic nitrogens is 3. The first-order chi connectivity index (χ1) is 13.9. The van der Waals surface area contributed by atoms with Gasteiger partial charge in [-0.1, -0.05) is 23.4 Å². The molecule has 3 heterocycles. The van der Waals surface area contributed by atoms with Crippen LogP contribution in [0.15, 0.2) is 41.7 Å². The minimum atomic E-state index is 0.0969. The zero-order chi connectivity index (χ0) is 20.7. The molecule has 0 bridgehead atoms. The summed E-state index contributed by atoms with van der Waals surface area (Å²) in [6, 6.07) is 9.61. The smallest absolute Gasteiger partial charge is 0.174 e. The van der Waals surface area contributed by atoms with Crippen LogP contribution in [0.1, 0.15) is 32.2 Å². The third-order valence-corrected chi connectivity index (χ3v) is 7.44. The Morgan fingerprint density at radius 3 is 2.59 bits per heavy atom. The largest absolute Gasteiger partial charge is 0.318 e. The van der Waals surface area contributed by atoms with Gasteiger partial charge in [0.25, 0.3) is 0 Å². The minimum absolute atomic E-state index is 0.0969. The lowest BCUT2D eigenvalue weighted by atomic mass is 10.2. The number of nitrogens with zero attached hydrogens (tertiary/aromatic N) is 3. The monoisotopic (exact) mass is 441 g/mol. The quantitative estimate of drug-likeness (QED) is 0.206. The van der Waals surface area contributed by atoms with Crippen molar-refractivity contribution >= 4 is 50.7 Å². The van der Waals surface area contributed by atoms with E-state index in [-0.39, 0.29) is 5.78 Å². The molecule has 148 valence electrons. The molecule has 0 atom stereocenters. The Morgan fingerprint density at radius 2 is 1.86 bits per heavy atom. The first kappa shape index (κ1) is 20.1. The number of carbonyl (C=O) groups is 1. The average molecular weight is 442 g/mol. The highest BCUT2D eigenvalue weighted by atomic mass is 35.5. The van der Waals surface area contributed by atoms with Gasteiger partial charge >= 0.3 is 0 Å². The van der Waals surface area contributed by atoms with Crippen LogP contribution in [0.3, 0.4) is 0 Å². The summed E-state index contributed by atoms with van der Waals surface area (Å²) in [6.45, 7) is 8.17. The standard InChI is InChI=1S/C22H20ClN3OS2/c1-12-9-18(14(3)26(12)17-7-5-16(23)6-8-17)19(27)10-28-21-20-13(2)15(4)29-22(20)25-11-24-21/h5-9,11H,10H2,1-4H3. The lowest BCUT2D eigenvalue weighted by molar-refractivity contribution is 0.102. The van der Waals surface area contributed by atoms with Crippen LogP contribution < -0.4 is 0 Å². The van der Waals surface area contributed by atoms with E-state index >= 15 is 0 Å². The summed E-state index contributed by atoms with van der Waals surface area (Å²) in [5.74, 6) is 0.436. The number of thiophene rings is 1. The van der Waals surface area contributed by atoms with Gasteiger partial charge in [-0.3, -0.25) is 4.79 Å². The highest BCUT2D eigenvalue weighted by molar-refractivity contribution is 8.00. The van der Waals surface area contributed by atoms with E-state index in [1.807, 2.05) is 44.2 Å². The van der Waals surface area contributed by atoms with Crippen LogP contribution in [-0.4, -0.2) is 26.1 Å². The number of fused-ring (bicyclic) bond motifs is 1. The summed E-state index contributed by atoms with van der Waals surface area (Å²) in [7, 11) is 0. The molecule has 0 aliphatic carbocycles. The maximum atomic E-state index is 13.0. The van der Waals surface area contributed by atoms with E-state index < -0.39 is 0 Å². The van der Waals surface area contributed by atoms with E-state index in [4.69, 9.17) is 11.6 Å². The van der Waals surface area contributed by atoms with Crippen LogP contribution in [0.5, 0.6) is 0 Å². The zero-order valence-corrected chi connectivity index (χ0v) is 19.0. The summed E-state index contributed by atoms with van der Waals surface area (Å²) in [5, 5.41) is 2.63. The number of thioether (sulfide) groups is 1. The number of carbonyl (C=O) groups excluding carboxylic acids is 1. The van der Waals surface area contributed by atoms with Crippen molar-refractivity contribution in [2.24, 2.45) is 0 Å². The fourth-order valence-electron chi connectivity index (χ4n) is 3.50. The first-order valence-corrected chi connectivity index (χ1v) is 11.4. The summed E-state index contributed by atoms with van der Waals surface area (Å²) < 4.78 is 2.09. The van der Waals surface area contributed by atoms with Crippen molar-refractivity contribution in [3.63, 3.8) is 0 Å². The molecule has 4 rings (SSSR count). The fourth-order valence-corrected chi connectivity index (χ4v) is 5.63. The van der Waals surface area contributed by atoms with Gasteiger partial charge < -0.3 is 4.57 Å². The topological polar surface area (TPSA) is 47.8 Å². The number of hydrogen-bond donors (Lipinski definition) is 0. The fraction of sp³-hybridized carbons (Fsp3) is 0.227. The molecular weight excluding hydrogens is 422 g/mol. The third-order valence-electron chi connectivity index (χ3n) is 5.09. The second-order valence-corrected chi connectivity index (χ2v) is 9.55. The molecule has 0 unspecified atom stereocenters. The van der Waals surface area contributed by atoms with E-state index in [9.17, 15) is 4.79 Å². The number of Topliss-reactive ketones (excluding diaryl/α,β-unsaturated/α-hetero) is 1. The molecule has 4 nitrogen and oxygen atoms in total. The van der Waals surface area contributed by atoms with E-state index in [0.29, 0.717) is 10.8 Å². The maximum Gasteiger partial charge on any atom is 0.174 e. The van der Waals surface area contributed by atoms with Crippen LogP contribution in [0, 0.1) is 27.7 Å². The normalized spacial score (nSPS) is 11.3. The predicted octanol–water partition coefficient (Wildman–Crippen LogP) is 6.34. The van der Waals surface area contributed by atoms with Crippen LogP contribution in [0.2, 0.25) is 5.02 Å². The SMILES string of the molecule is Cc1sc2ncnc(SCC(=O)c3cc(C)n(-c4ccc(Cl)cc4)c3C)c2c1C. The van der Waals surface area contributed by atoms with E-state index in [1.165, 1.54) is 22.2 Å². The van der Waals surface area contributed by atoms with Gasteiger partial charge in [-0.05, 0) is 63.6 Å². The molecule has 0 spiro atoms. The molecule has 0 aliphatic heterocycles. The summed E-state index contributed by atoms with van der Waals surface area (Å²) >= 11 is 9.16. The Kier molecular flexibility index (Phi) is 5.51. The molecule has 7 heteroatoms. The third kappa shape index (κ3) is 3.72. The van der Waals surface area contributed by atoms with Gasteiger partial charge in [0.1, 0.15) is 16.2 Å². The number of hydrogen-bond acceptors (Lipinski definition) is 5. The Labute approximate surface area is 183 Å². The van der Waals surface area contributed by atoms with Gasteiger partial charge in [0.2, 0.25) is 0 Å². The Bertz CT molecular complexity index is 1230. The van der Waals surface area contributed by atoms with Crippen molar-refractivity contribution in [3.8, 4) is 5.69 Å². The van der Waals surface area contributed by atoms with Crippen molar-refractivity contribution in [1.82, 2.24) is 14.5 Å². The molecule has 0 saturated heterocycles. The van der Waals surface area contributed by atoms with E-state index in [1.54, 1.807) is 17.7 Å². The van der Waals surface area contributed by atoms with Gasteiger partial charge in [0, 0.05) is 37.9 Å². The van der Waals surface area contributed by atoms with Crippen LogP contribution >= 0.6 is 34.7 Å². The lowest BCUT2D eigenvalue weighted by Gasteiger charge is -2.10. The number of halogens is 1.